The van der Waals surface area contributed by atoms with Crippen molar-refractivity contribution in [2.24, 2.45) is 0 Å². The number of benzene rings is 2. The molecule has 0 radical (unpaired) electrons. The number of nitrogens with one attached hydrogen (secondary N) is 2. The van der Waals surface area contributed by atoms with Gasteiger partial charge in [0.05, 0.1) is 0 Å². The zero-order chi connectivity index (χ0) is 17.8. The predicted octanol–water partition coefficient (Wildman–Crippen LogP) is 2.81. The molecule has 3 rings (SSSR count). The van der Waals surface area contributed by atoms with Gasteiger partial charge in [0.2, 0.25) is 0 Å². The van der Waals surface area contributed by atoms with E-state index in [1.807, 2.05) is 12.1 Å². The number of hydrogen-bond acceptors (Lipinski definition) is 2. The number of amides is 3. The number of urea groups is 1. The molecule has 2 aromatic carbocycles. The summed E-state index contributed by atoms with van der Waals surface area (Å²) in [5.41, 5.74) is 5.12. The van der Waals surface area contributed by atoms with Crippen molar-refractivity contribution in [1.82, 2.24) is 10.6 Å². The van der Waals surface area contributed by atoms with Crippen LogP contribution in [-0.4, -0.2) is 31.6 Å². The second-order valence-corrected chi connectivity index (χ2v) is 6.43. The van der Waals surface area contributed by atoms with Crippen LogP contribution in [0.2, 0.25) is 0 Å². The molecule has 0 aliphatic carbocycles. The van der Waals surface area contributed by atoms with Gasteiger partial charge in [-0.05, 0) is 50.1 Å². The van der Waals surface area contributed by atoms with Crippen molar-refractivity contribution >= 4 is 17.6 Å². The molecule has 0 atom stereocenters. The Morgan fingerprint density at radius 2 is 1.80 bits per heavy atom. The number of carbonyl (C=O) groups is 2. The molecule has 5 nitrogen and oxygen atoms in total. The Morgan fingerprint density at radius 3 is 2.40 bits per heavy atom. The smallest absolute Gasteiger partial charge is 0.321 e. The summed E-state index contributed by atoms with van der Waals surface area (Å²) >= 11 is 0. The van der Waals surface area contributed by atoms with Gasteiger partial charge >= 0.3 is 6.03 Å². The first-order valence-electron chi connectivity index (χ1n) is 8.54. The molecule has 0 bridgehead atoms. The first-order chi connectivity index (χ1) is 12.0. The molecular weight excluding hydrogens is 314 g/mol. The highest BCUT2D eigenvalue weighted by Gasteiger charge is 2.21. The lowest BCUT2D eigenvalue weighted by Gasteiger charge is -2.14. The maximum absolute atomic E-state index is 12.3. The Balaban J connectivity index is 1.55. The lowest BCUT2D eigenvalue weighted by atomic mass is 10.1. The number of rotatable bonds is 5. The van der Waals surface area contributed by atoms with E-state index in [2.05, 4.69) is 42.7 Å². The van der Waals surface area contributed by atoms with Crippen LogP contribution in [0.4, 0.5) is 10.5 Å². The van der Waals surface area contributed by atoms with Gasteiger partial charge in [-0.1, -0.05) is 29.3 Å². The fraction of sp³-hybridized carbons (Fsp3) is 0.300. The maximum atomic E-state index is 12.3. The van der Waals surface area contributed by atoms with Crippen LogP contribution in [0.25, 0.3) is 0 Å². The molecule has 1 fully saturated rings. The van der Waals surface area contributed by atoms with E-state index < -0.39 is 0 Å². The summed E-state index contributed by atoms with van der Waals surface area (Å²) in [6.07, 6.45) is 0.806. The van der Waals surface area contributed by atoms with Gasteiger partial charge in [-0.15, -0.1) is 0 Å². The molecule has 3 amide bonds. The van der Waals surface area contributed by atoms with E-state index in [-0.39, 0.29) is 11.9 Å². The van der Waals surface area contributed by atoms with Crippen LogP contribution in [0.5, 0.6) is 0 Å². The molecule has 1 aliphatic heterocycles. The molecule has 2 aromatic rings. The molecule has 2 N–H and O–H groups in total. The minimum absolute atomic E-state index is 0.0920. The Bertz CT molecular complexity index is 764. The highest BCUT2D eigenvalue weighted by Crippen LogP contribution is 2.17. The van der Waals surface area contributed by atoms with E-state index in [1.165, 1.54) is 16.7 Å². The van der Waals surface area contributed by atoms with Crippen LogP contribution in [0.3, 0.4) is 0 Å². The van der Waals surface area contributed by atoms with E-state index in [9.17, 15) is 9.59 Å². The molecule has 0 saturated carbocycles. The summed E-state index contributed by atoms with van der Waals surface area (Å²) in [5.74, 6) is -0.0956. The van der Waals surface area contributed by atoms with Crippen LogP contribution in [0, 0.1) is 13.8 Å². The molecule has 1 aliphatic rings. The summed E-state index contributed by atoms with van der Waals surface area (Å²) in [6, 6.07) is 13.5. The molecule has 130 valence electrons. The Hall–Kier alpha value is -2.82. The SMILES string of the molecule is Cc1cc(C)cc(CCNC(=O)c2ccc(N3CCNC3=O)cc2)c1. The summed E-state index contributed by atoms with van der Waals surface area (Å²) in [7, 11) is 0. The quantitative estimate of drug-likeness (QED) is 0.881. The van der Waals surface area contributed by atoms with Crippen molar-refractivity contribution in [1.29, 1.82) is 0 Å². The zero-order valence-electron chi connectivity index (χ0n) is 14.6. The first-order valence-corrected chi connectivity index (χ1v) is 8.54. The van der Waals surface area contributed by atoms with E-state index >= 15 is 0 Å². The number of aryl methyl sites for hydroxylation is 2. The van der Waals surface area contributed by atoms with Crippen LogP contribution in [0.1, 0.15) is 27.0 Å². The number of nitrogens with zero attached hydrogens (tertiary/aromatic N) is 1. The van der Waals surface area contributed by atoms with E-state index in [0.717, 1.165) is 12.1 Å². The zero-order valence-corrected chi connectivity index (χ0v) is 14.6. The minimum atomic E-state index is -0.0956. The Kier molecular flexibility index (Phi) is 5.03. The van der Waals surface area contributed by atoms with Crippen LogP contribution in [-0.2, 0) is 6.42 Å². The van der Waals surface area contributed by atoms with E-state index in [4.69, 9.17) is 0 Å². The summed E-state index contributed by atoms with van der Waals surface area (Å²) in [6.45, 7) is 6.06. The van der Waals surface area contributed by atoms with E-state index in [1.54, 1.807) is 17.0 Å². The summed E-state index contributed by atoms with van der Waals surface area (Å²) < 4.78 is 0. The Labute approximate surface area is 148 Å². The van der Waals surface area contributed by atoms with Gasteiger partial charge in [0.15, 0.2) is 0 Å². The van der Waals surface area contributed by atoms with Gasteiger partial charge in [0, 0.05) is 30.9 Å². The van der Waals surface area contributed by atoms with Gasteiger partial charge in [-0.2, -0.15) is 0 Å². The average Bonchev–Trinajstić information content (AvgIpc) is 3.00. The van der Waals surface area contributed by atoms with Crippen molar-refractivity contribution in [3.05, 3.63) is 64.7 Å². The third-order valence-electron chi connectivity index (χ3n) is 4.28. The standard InChI is InChI=1S/C20H23N3O2/c1-14-11-15(2)13-16(12-14)7-8-21-19(24)17-3-5-18(6-4-17)23-10-9-22-20(23)25/h3-6,11-13H,7-10H2,1-2H3,(H,21,24)(H,22,25). The van der Waals surface area contributed by atoms with Crippen LogP contribution >= 0.6 is 0 Å². The Morgan fingerprint density at radius 1 is 1.12 bits per heavy atom. The number of carbonyl (C=O) groups excluding carboxylic acids is 2. The summed E-state index contributed by atoms with van der Waals surface area (Å²) in [4.78, 5) is 25.6. The fourth-order valence-electron chi connectivity index (χ4n) is 3.15. The molecule has 1 saturated heterocycles. The predicted molar refractivity (Wildman–Crippen MR) is 99.1 cm³/mol. The number of anilines is 1. The van der Waals surface area contributed by atoms with Crippen LogP contribution in [0.15, 0.2) is 42.5 Å². The van der Waals surface area contributed by atoms with Crippen molar-refractivity contribution < 1.29 is 9.59 Å². The molecular formula is C20H23N3O2. The molecule has 0 unspecified atom stereocenters. The molecule has 0 aromatic heterocycles. The van der Waals surface area contributed by atoms with Crippen molar-refractivity contribution in [3.8, 4) is 0 Å². The van der Waals surface area contributed by atoms with E-state index in [0.29, 0.717) is 25.2 Å². The largest absolute Gasteiger partial charge is 0.352 e. The highest BCUT2D eigenvalue weighted by atomic mass is 16.2. The molecule has 25 heavy (non-hydrogen) atoms. The summed E-state index contributed by atoms with van der Waals surface area (Å²) in [5, 5.41) is 5.72. The van der Waals surface area contributed by atoms with Gasteiger partial charge in [0.25, 0.3) is 5.91 Å². The fourth-order valence-corrected chi connectivity index (χ4v) is 3.15. The monoisotopic (exact) mass is 337 g/mol. The normalized spacial score (nSPS) is 13.7. The van der Waals surface area contributed by atoms with Crippen molar-refractivity contribution in [2.75, 3.05) is 24.5 Å². The first kappa shape index (κ1) is 17.0. The average molecular weight is 337 g/mol. The second-order valence-electron chi connectivity index (χ2n) is 6.43. The van der Waals surface area contributed by atoms with Gasteiger partial charge in [0.1, 0.15) is 0 Å². The topological polar surface area (TPSA) is 61.4 Å². The third kappa shape index (κ3) is 4.18. The highest BCUT2D eigenvalue weighted by molar-refractivity contribution is 5.97. The lowest BCUT2D eigenvalue weighted by molar-refractivity contribution is 0.0954. The van der Waals surface area contributed by atoms with Crippen LogP contribution < -0.4 is 15.5 Å². The second kappa shape index (κ2) is 7.38. The van der Waals surface area contributed by atoms with Gasteiger partial charge in [-0.3, -0.25) is 9.69 Å². The van der Waals surface area contributed by atoms with Crippen molar-refractivity contribution in [3.63, 3.8) is 0 Å². The number of hydrogen-bond donors (Lipinski definition) is 2. The third-order valence-corrected chi connectivity index (χ3v) is 4.28. The maximum Gasteiger partial charge on any atom is 0.321 e. The van der Waals surface area contributed by atoms with Gasteiger partial charge < -0.3 is 10.6 Å². The minimum Gasteiger partial charge on any atom is -0.352 e. The van der Waals surface area contributed by atoms with Gasteiger partial charge in [-0.25, -0.2) is 4.79 Å². The van der Waals surface area contributed by atoms with Crippen molar-refractivity contribution in [2.45, 2.75) is 20.3 Å². The lowest BCUT2D eigenvalue weighted by Crippen LogP contribution is -2.28. The molecule has 0 spiro atoms. The molecule has 5 heteroatoms. The molecule has 1 heterocycles.